The molecule has 2 rings (SSSR count). The van der Waals surface area contributed by atoms with Crippen LogP contribution in [0.25, 0.3) is 0 Å². The van der Waals surface area contributed by atoms with E-state index in [4.69, 9.17) is 10.5 Å². The predicted octanol–water partition coefficient (Wildman–Crippen LogP) is 1.01. The summed E-state index contributed by atoms with van der Waals surface area (Å²) in [5, 5.41) is 2.35. The van der Waals surface area contributed by atoms with Gasteiger partial charge in [-0.2, -0.15) is 0 Å². The van der Waals surface area contributed by atoms with E-state index in [9.17, 15) is 14.0 Å². The number of carbonyl (C=O) groups is 2. The molecule has 6 nitrogen and oxygen atoms in total. The first-order valence-electron chi connectivity index (χ1n) is 6.44. The van der Waals surface area contributed by atoms with Crippen LogP contribution in [0.3, 0.4) is 0 Å². The van der Waals surface area contributed by atoms with E-state index in [-0.39, 0.29) is 24.5 Å². The molecule has 0 aliphatic heterocycles. The van der Waals surface area contributed by atoms with E-state index in [2.05, 4.69) is 10.3 Å². The highest BCUT2D eigenvalue weighted by molar-refractivity contribution is 5.96. The summed E-state index contributed by atoms with van der Waals surface area (Å²) in [5.41, 5.74) is 6.02. The van der Waals surface area contributed by atoms with E-state index < -0.39 is 11.8 Å². The minimum atomic E-state index is -0.624. The molecule has 0 saturated carbocycles. The number of aromatic nitrogens is 1. The first-order valence-corrected chi connectivity index (χ1v) is 6.44. The molecule has 1 aromatic carbocycles. The number of halogens is 1. The van der Waals surface area contributed by atoms with Crippen LogP contribution < -0.4 is 15.8 Å². The molecule has 0 bridgehead atoms. The lowest BCUT2D eigenvalue weighted by Gasteiger charge is -2.06. The monoisotopic (exact) mass is 303 g/mol. The first kappa shape index (κ1) is 15.4. The van der Waals surface area contributed by atoms with Crippen LogP contribution in [0.4, 0.5) is 4.39 Å². The summed E-state index contributed by atoms with van der Waals surface area (Å²) in [4.78, 5) is 26.2. The zero-order valence-electron chi connectivity index (χ0n) is 11.6. The first-order chi connectivity index (χ1) is 10.5. The third-order valence-corrected chi connectivity index (χ3v) is 2.72. The van der Waals surface area contributed by atoms with E-state index in [0.717, 1.165) is 5.56 Å². The normalized spacial score (nSPS) is 10.0. The lowest BCUT2D eigenvalue weighted by atomic mass is 10.2. The maximum atomic E-state index is 12.8. The number of hydrogen-bond acceptors (Lipinski definition) is 4. The smallest absolute Gasteiger partial charge is 0.253 e. The predicted molar refractivity (Wildman–Crippen MR) is 76.5 cm³/mol. The van der Waals surface area contributed by atoms with Crippen molar-refractivity contribution in [1.29, 1.82) is 0 Å². The average Bonchev–Trinajstić information content (AvgIpc) is 2.52. The summed E-state index contributed by atoms with van der Waals surface area (Å²) in [6.45, 7) is 0.00213. The largest absolute Gasteiger partial charge is 0.473 e. The van der Waals surface area contributed by atoms with Crippen LogP contribution in [0, 0.1) is 5.82 Å². The van der Waals surface area contributed by atoms with Gasteiger partial charge in [-0.25, -0.2) is 9.37 Å². The molecule has 0 saturated heterocycles. The SMILES string of the molecule is NC(=O)CNC(=O)c1ccc(OCc2ccc(F)cc2)nc1. The van der Waals surface area contributed by atoms with Gasteiger partial charge in [0.2, 0.25) is 11.8 Å². The highest BCUT2D eigenvalue weighted by atomic mass is 19.1. The molecule has 0 unspecified atom stereocenters. The summed E-state index contributed by atoms with van der Waals surface area (Å²) in [6.07, 6.45) is 1.33. The van der Waals surface area contributed by atoms with Crippen LogP contribution in [-0.2, 0) is 11.4 Å². The van der Waals surface area contributed by atoms with Gasteiger partial charge in [-0.05, 0) is 23.8 Å². The molecule has 3 N–H and O–H groups in total. The Kier molecular flexibility index (Phi) is 5.02. The molecule has 2 aromatic rings. The maximum Gasteiger partial charge on any atom is 0.253 e. The minimum Gasteiger partial charge on any atom is -0.473 e. The van der Waals surface area contributed by atoms with Gasteiger partial charge in [0.15, 0.2) is 0 Å². The topological polar surface area (TPSA) is 94.3 Å². The summed E-state index contributed by atoms with van der Waals surface area (Å²) < 4.78 is 18.2. The average molecular weight is 303 g/mol. The lowest BCUT2D eigenvalue weighted by Crippen LogP contribution is -2.33. The van der Waals surface area contributed by atoms with Crippen LogP contribution in [0.5, 0.6) is 5.88 Å². The quantitative estimate of drug-likeness (QED) is 0.833. The van der Waals surface area contributed by atoms with Crippen molar-refractivity contribution in [2.75, 3.05) is 6.54 Å². The Hall–Kier alpha value is -2.96. The van der Waals surface area contributed by atoms with Crippen molar-refractivity contribution in [3.8, 4) is 5.88 Å². The zero-order chi connectivity index (χ0) is 15.9. The number of nitrogens with two attached hydrogens (primary N) is 1. The third kappa shape index (κ3) is 4.55. The number of nitrogens with zero attached hydrogens (tertiary/aromatic N) is 1. The van der Waals surface area contributed by atoms with Gasteiger partial charge in [-0.3, -0.25) is 9.59 Å². The molecule has 1 heterocycles. The van der Waals surface area contributed by atoms with Crippen molar-refractivity contribution < 1.29 is 18.7 Å². The van der Waals surface area contributed by atoms with Gasteiger partial charge < -0.3 is 15.8 Å². The second-order valence-electron chi connectivity index (χ2n) is 4.45. The number of pyridine rings is 1. The van der Waals surface area contributed by atoms with Crippen molar-refractivity contribution in [2.45, 2.75) is 6.61 Å². The molecule has 7 heteroatoms. The van der Waals surface area contributed by atoms with Crippen molar-refractivity contribution >= 4 is 11.8 Å². The number of hydrogen-bond donors (Lipinski definition) is 2. The third-order valence-electron chi connectivity index (χ3n) is 2.72. The standard InChI is InChI=1S/C15H14FN3O3/c16-12-4-1-10(2-5-12)9-22-14-6-3-11(7-18-14)15(21)19-8-13(17)20/h1-7H,8-9H2,(H2,17,20)(H,19,21). The molecular weight excluding hydrogens is 289 g/mol. The molecule has 22 heavy (non-hydrogen) atoms. The molecule has 0 fully saturated rings. The van der Waals surface area contributed by atoms with E-state index in [1.165, 1.54) is 30.5 Å². The van der Waals surface area contributed by atoms with Gasteiger partial charge in [-0.15, -0.1) is 0 Å². The molecule has 0 aliphatic rings. The fourth-order valence-corrected chi connectivity index (χ4v) is 1.61. The number of rotatable bonds is 6. The van der Waals surface area contributed by atoms with Crippen LogP contribution >= 0.6 is 0 Å². The van der Waals surface area contributed by atoms with E-state index in [0.29, 0.717) is 5.88 Å². The van der Waals surface area contributed by atoms with Crippen LogP contribution in [0.15, 0.2) is 42.6 Å². The van der Waals surface area contributed by atoms with Crippen LogP contribution in [0.1, 0.15) is 15.9 Å². The Morgan fingerprint density at radius 2 is 1.91 bits per heavy atom. The summed E-state index contributed by atoms with van der Waals surface area (Å²) in [6, 6.07) is 8.96. The fourth-order valence-electron chi connectivity index (χ4n) is 1.61. The molecule has 0 atom stereocenters. The Morgan fingerprint density at radius 3 is 2.50 bits per heavy atom. The number of nitrogens with one attached hydrogen (secondary N) is 1. The molecule has 1 aromatic heterocycles. The molecular formula is C15H14FN3O3. The number of ether oxygens (including phenoxy) is 1. The Bertz CT molecular complexity index is 657. The Morgan fingerprint density at radius 1 is 1.18 bits per heavy atom. The summed E-state index contributed by atoms with van der Waals surface area (Å²) in [5.74, 6) is -1.05. The number of benzene rings is 1. The number of carbonyl (C=O) groups excluding carboxylic acids is 2. The molecule has 2 amide bonds. The second-order valence-corrected chi connectivity index (χ2v) is 4.45. The van der Waals surface area contributed by atoms with Crippen LogP contribution in [-0.4, -0.2) is 23.3 Å². The minimum absolute atomic E-state index is 0.234. The molecule has 0 spiro atoms. The van der Waals surface area contributed by atoms with Crippen molar-refractivity contribution in [3.05, 3.63) is 59.5 Å². The van der Waals surface area contributed by atoms with Gasteiger partial charge in [0, 0.05) is 12.3 Å². The van der Waals surface area contributed by atoms with E-state index >= 15 is 0 Å². The highest BCUT2D eigenvalue weighted by Crippen LogP contribution is 2.11. The van der Waals surface area contributed by atoms with E-state index in [1.807, 2.05) is 0 Å². The van der Waals surface area contributed by atoms with Crippen molar-refractivity contribution in [1.82, 2.24) is 10.3 Å². The summed E-state index contributed by atoms with van der Waals surface area (Å²) >= 11 is 0. The van der Waals surface area contributed by atoms with Gasteiger partial charge in [0.25, 0.3) is 5.91 Å². The van der Waals surface area contributed by atoms with Crippen molar-refractivity contribution in [3.63, 3.8) is 0 Å². The van der Waals surface area contributed by atoms with Gasteiger partial charge in [0.1, 0.15) is 12.4 Å². The van der Waals surface area contributed by atoms with Crippen LogP contribution in [0.2, 0.25) is 0 Å². The van der Waals surface area contributed by atoms with Gasteiger partial charge in [-0.1, -0.05) is 12.1 Å². The molecule has 114 valence electrons. The Labute approximate surface area is 126 Å². The number of amides is 2. The highest BCUT2D eigenvalue weighted by Gasteiger charge is 2.07. The Balaban J connectivity index is 1.90. The van der Waals surface area contributed by atoms with Gasteiger partial charge in [0.05, 0.1) is 12.1 Å². The second kappa shape index (κ2) is 7.16. The fraction of sp³-hybridized carbons (Fsp3) is 0.133. The van der Waals surface area contributed by atoms with E-state index in [1.54, 1.807) is 12.1 Å². The maximum absolute atomic E-state index is 12.8. The van der Waals surface area contributed by atoms with Crippen molar-refractivity contribution in [2.24, 2.45) is 5.73 Å². The number of primary amides is 1. The molecule has 0 aliphatic carbocycles. The van der Waals surface area contributed by atoms with Gasteiger partial charge >= 0.3 is 0 Å². The molecule has 0 radical (unpaired) electrons. The summed E-state index contributed by atoms with van der Waals surface area (Å²) in [7, 11) is 0. The zero-order valence-corrected chi connectivity index (χ0v) is 11.6. The lowest BCUT2D eigenvalue weighted by molar-refractivity contribution is -0.117.